The molecule has 0 saturated carbocycles. The highest BCUT2D eigenvalue weighted by molar-refractivity contribution is 6.04. The van der Waals surface area contributed by atoms with Crippen LogP contribution in [0.2, 0.25) is 0 Å². The third-order valence-corrected chi connectivity index (χ3v) is 5.35. The van der Waals surface area contributed by atoms with Gasteiger partial charge in [-0.05, 0) is 37.5 Å². The molecule has 7 nitrogen and oxygen atoms in total. The van der Waals surface area contributed by atoms with Gasteiger partial charge in [-0.25, -0.2) is 9.78 Å². The summed E-state index contributed by atoms with van der Waals surface area (Å²) in [7, 11) is 0. The molecule has 3 N–H and O–H groups in total. The number of nitrogens with two attached hydrogens (primary N) is 1. The molecule has 144 valence electrons. The van der Waals surface area contributed by atoms with Crippen molar-refractivity contribution in [1.29, 1.82) is 0 Å². The van der Waals surface area contributed by atoms with Gasteiger partial charge in [0.2, 0.25) is 0 Å². The first-order chi connectivity index (χ1) is 13.5. The van der Waals surface area contributed by atoms with Crippen molar-refractivity contribution < 1.29 is 14.3 Å². The first kappa shape index (κ1) is 18.0. The second-order valence-electron chi connectivity index (χ2n) is 7.22. The Hall–Kier alpha value is -3.35. The summed E-state index contributed by atoms with van der Waals surface area (Å²) in [6.07, 6.45) is 1.22. The van der Waals surface area contributed by atoms with Gasteiger partial charge in [0.25, 0.3) is 5.91 Å². The highest BCUT2D eigenvalue weighted by Crippen LogP contribution is 2.38. The molecule has 2 heterocycles. The van der Waals surface area contributed by atoms with Crippen LogP contribution in [0.25, 0.3) is 11.0 Å². The number of carbonyl (C=O) groups is 2. The number of likely N-dealkylation sites (tertiary alicyclic amines) is 1. The summed E-state index contributed by atoms with van der Waals surface area (Å²) in [6.45, 7) is 2.77. The quantitative estimate of drug-likeness (QED) is 0.727. The largest absolute Gasteiger partial charge is 0.445 e. The number of aromatic nitrogens is 2. The third kappa shape index (κ3) is 3.09. The van der Waals surface area contributed by atoms with Crippen molar-refractivity contribution in [3.8, 4) is 0 Å². The van der Waals surface area contributed by atoms with Crippen LogP contribution < -0.4 is 5.73 Å². The molecule has 0 bridgehead atoms. The SMILES string of the molecule is CC1(c2nc3c(C(N)=O)cccc3[nH]2)CCCN1C(=O)OCc1ccccc1. The Morgan fingerprint density at radius 3 is 2.75 bits per heavy atom. The van der Waals surface area contributed by atoms with Crippen molar-refractivity contribution >= 4 is 23.0 Å². The predicted octanol–water partition coefficient (Wildman–Crippen LogP) is 3.31. The number of fused-ring (bicyclic) bond motifs is 1. The molecule has 0 aliphatic carbocycles. The fourth-order valence-corrected chi connectivity index (χ4v) is 3.79. The molecule has 1 atom stereocenters. The minimum absolute atomic E-state index is 0.220. The van der Waals surface area contributed by atoms with Crippen molar-refractivity contribution in [3.63, 3.8) is 0 Å². The maximum absolute atomic E-state index is 12.8. The van der Waals surface area contributed by atoms with E-state index in [0.717, 1.165) is 23.9 Å². The van der Waals surface area contributed by atoms with E-state index in [0.29, 0.717) is 23.4 Å². The first-order valence-corrected chi connectivity index (χ1v) is 9.26. The predicted molar refractivity (Wildman–Crippen MR) is 105 cm³/mol. The fraction of sp³-hybridized carbons (Fsp3) is 0.286. The minimum atomic E-state index is -0.637. The Bertz CT molecular complexity index is 1030. The number of imidazole rings is 1. The smallest absolute Gasteiger partial charge is 0.410 e. The van der Waals surface area contributed by atoms with E-state index in [1.54, 1.807) is 17.0 Å². The highest BCUT2D eigenvalue weighted by Gasteiger charge is 2.44. The van der Waals surface area contributed by atoms with E-state index in [9.17, 15) is 9.59 Å². The summed E-state index contributed by atoms with van der Waals surface area (Å²) in [5.41, 5.74) is 7.37. The number of amides is 2. The number of nitrogens with one attached hydrogen (secondary N) is 1. The van der Waals surface area contributed by atoms with E-state index < -0.39 is 11.4 Å². The molecule has 2 aromatic carbocycles. The molecule has 28 heavy (non-hydrogen) atoms. The van der Waals surface area contributed by atoms with Gasteiger partial charge in [0.1, 0.15) is 23.5 Å². The van der Waals surface area contributed by atoms with Gasteiger partial charge in [0, 0.05) is 6.54 Å². The molecular formula is C21H22N4O3. The maximum Gasteiger partial charge on any atom is 0.410 e. The minimum Gasteiger partial charge on any atom is -0.445 e. The molecule has 1 fully saturated rings. The van der Waals surface area contributed by atoms with E-state index >= 15 is 0 Å². The summed E-state index contributed by atoms with van der Waals surface area (Å²) in [6, 6.07) is 14.8. The van der Waals surface area contributed by atoms with Crippen LogP contribution in [-0.2, 0) is 16.9 Å². The van der Waals surface area contributed by atoms with Crippen LogP contribution in [0.4, 0.5) is 4.79 Å². The van der Waals surface area contributed by atoms with E-state index in [4.69, 9.17) is 10.5 Å². The number of ether oxygens (including phenoxy) is 1. The first-order valence-electron chi connectivity index (χ1n) is 9.26. The van der Waals surface area contributed by atoms with Crippen LogP contribution in [0, 0.1) is 0 Å². The topological polar surface area (TPSA) is 101 Å². The van der Waals surface area contributed by atoms with Gasteiger partial charge in [-0.1, -0.05) is 36.4 Å². The molecule has 0 spiro atoms. The molecule has 2 amide bonds. The summed E-state index contributed by atoms with van der Waals surface area (Å²) in [5, 5.41) is 0. The van der Waals surface area contributed by atoms with Gasteiger partial charge in [-0.15, -0.1) is 0 Å². The number of H-pyrrole nitrogens is 1. The van der Waals surface area contributed by atoms with Crippen LogP contribution >= 0.6 is 0 Å². The van der Waals surface area contributed by atoms with Crippen LogP contribution in [0.15, 0.2) is 48.5 Å². The van der Waals surface area contributed by atoms with Crippen molar-refractivity contribution in [2.75, 3.05) is 6.54 Å². The van der Waals surface area contributed by atoms with Crippen LogP contribution in [-0.4, -0.2) is 33.4 Å². The number of carbonyl (C=O) groups excluding carboxylic acids is 2. The standard InChI is InChI=1S/C21H22N4O3/c1-21(19-23-16-10-5-9-15(18(22)26)17(16)24-19)11-6-12-25(21)20(27)28-13-14-7-3-2-4-8-14/h2-5,7-10H,6,11-13H2,1H3,(H2,22,26)(H,23,24). The number of hydrogen-bond donors (Lipinski definition) is 2. The van der Waals surface area contributed by atoms with Crippen LogP contribution in [0.1, 0.15) is 41.5 Å². The van der Waals surface area contributed by atoms with Crippen molar-refractivity contribution in [2.24, 2.45) is 5.73 Å². The molecule has 1 aliphatic heterocycles. The number of nitrogens with zero attached hydrogens (tertiary/aromatic N) is 2. The van der Waals surface area contributed by atoms with Crippen LogP contribution in [0.3, 0.4) is 0 Å². The summed E-state index contributed by atoms with van der Waals surface area (Å²) >= 11 is 0. The molecule has 1 aliphatic rings. The van der Waals surface area contributed by atoms with Crippen molar-refractivity contribution in [1.82, 2.24) is 14.9 Å². The normalized spacial score (nSPS) is 19.1. The molecule has 4 rings (SSSR count). The number of rotatable bonds is 4. The zero-order chi connectivity index (χ0) is 19.7. The van der Waals surface area contributed by atoms with Gasteiger partial charge in [-0.2, -0.15) is 0 Å². The lowest BCUT2D eigenvalue weighted by Gasteiger charge is -2.32. The number of para-hydroxylation sites is 1. The number of hydrogen-bond acceptors (Lipinski definition) is 4. The molecule has 3 aromatic rings. The lowest BCUT2D eigenvalue weighted by Crippen LogP contribution is -2.43. The van der Waals surface area contributed by atoms with Gasteiger partial charge in [-0.3, -0.25) is 9.69 Å². The van der Waals surface area contributed by atoms with Crippen LogP contribution in [0.5, 0.6) is 0 Å². The Morgan fingerprint density at radius 1 is 1.21 bits per heavy atom. The van der Waals surface area contributed by atoms with E-state index in [1.807, 2.05) is 43.3 Å². The van der Waals surface area contributed by atoms with Gasteiger partial charge >= 0.3 is 6.09 Å². The lowest BCUT2D eigenvalue weighted by molar-refractivity contribution is 0.0669. The molecular weight excluding hydrogens is 356 g/mol. The van der Waals surface area contributed by atoms with E-state index in [2.05, 4.69) is 9.97 Å². The van der Waals surface area contributed by atoms with E-state index in [1.165, 1.54) is 0 Å². The monoisotopic (exact) mass is 378 g/mol. The number of primary amides is 1. The fourth-order valence-electron chi connectivity index (χ4n) is 3.79. The average Bonchev–Trinajstić information content (AvgIpc) is 3.31. The zero-order valence-electron chi connectivity index (χ0n) is 15.6. The Balaban J connectivity index is 1.61. The lowest BCUT2D eigenvalue weighted by atomic mass is 9.98. The maximum atomic E-state index is 12.8. The molecule has 0 radical (unpaired) electrons. The Labute approximate surface area is 162 Å². The second-order valence-corrected chi connectivity index (χ2v) is 7.22. The van der Waals surface area contributed by atoms with Crippen molar-refractivity contribution in [3.05, 3.63) is 65.5 Å². The van der Waals surface area contributed by atoms with Gasteiger partial charge < -0.3 is 15.5 Å². The summed E-state index contributed by atoms with van der Waals surface area (Å²) in [5.74, 6) is 0.102. The molecule has 7 heteroatoms. The molecule has 1 aromatic heterocycles. The van der Waals surface area contributed by atoms with Gasteiger partial charge in [0.15, 0.2) is 0 Å². The summed E-state index contributed by atoms with van der Waals surface area (Å²) in [4.78, 5) is 34.1. The molecule has 1 saturated heterocycles. The van der Waals surface area contributed by atoms with Crippen molar-refractivity contribution in [2.45, 2.75) is 31.9 Å². The summed E-state index contributed by atoms with van der Waals surface area (Å²) < 4.78 is 5.54. The third-order valence-electron chi connectivity index (χ3n) is 5.35. The molecule has 1 unspecified atom stereocenters. The zero-order valence-corrected chi connectivity index (χ0v) is 15.6. The van der Waals surface area contributed by atoms with Gasteiger partial charge in [0.05, 0.1) is 11.1 Å². The average molecular weight is 378 g/mol. The Kier molecular flexibility index (Phi) is 4.50. The second kappa shape index (κ2) is 6.99. The van der Waals surface area contributed by atoms with E-state index in [-0.39, 0.29) is 12.7 Å². The highest BCUT2D eigenvalue weighted by atomic mass is 16.6. The Morgan fingerprint density at radius 2 is 2.00 bits per heavy atom. The number of benzene rings is 2. The number of aromatic amines is 1.